The molecule has 4 aromatic rings. The van der Waals surface area contributed by atoms with Crippen molar-refractivity contribution in [2.24, 2.45) is 4.99 Å². The van der Waals surface area contributed by atoms with Gasteiger partial charge in [-0.2, -0.15) is 4.99 Å². The number of allylic oxidation sites excluding steroid dienone is 1. The fourth-order valence-corrected chi connectivity index (χ4v) is 5.74. The number of rotatable bonds is 9. The normalized spacial score (nSPS) is 11.4. The fourth-order valence-electron chi connectivity index (χ4n) is 3.31. The lowest BCUT2D eigenvalue weighted by Gasteiger charge is -2.02. The van der Waals surface area contributed by atoms with E-state index in [1.54, 1.807) is 24.3 Å². The number of hydrogen-bond acceptors (Lipinski definition) is 8. The molecule has 0 aliphatic rings. The Morgan fingerprint density at radius 1 is 1.19 bits per heavy atom. The van der Waals surface area contributed by atoms with Gasteiger partial charge in [0.05, 0.1) is 40.1 Å². The lowest BCUT2D eigenvalue weighted by Crippen LogP contribution is -2.18. The van der Waals surface area contributed by atoms with Crippen molar-refractivity contribution in [2.75, 3.05) is 23.9 Å². The first-order chi connectivity index (χ1) is 17.5. The second-order valence-corrected chi connectivity index (χ2v) is 10.3. The second kappa shape index (κ2) is 11.9. The Morgan fingerprint density at radius 2 is 2.00 bits per heavy atom. The van der Waals surface area contributed by atoms with Gasteiger partial charge in [-0.3, -0.25) is 9.59 Å². The molecule has 0 aliphatic heterocycles. The van der Waals surface area contributed by atoms with Gasteiger partial charge in [-0.25, -0.2) is 9.78 Å². The first-order valence-electron chi connectivity index (χ1n) is 10.8. The van der Waals surface area contributed by atoms with Crippen LogP contribution >= 0.6 is 34.4 Å². The molecular weight excluding hydrogens is 517 g/mol. The van der Waals surface area contributed by atoms with Crippen LogP contribution in [0.3, 0.4) is 0 Å². The Hall–Kier alpha value is -3.54. The predicted molar refractivity (Wildman–Crippen MR) is 145 cm³/mol. The minimum atomic E-state index is -0.432. The molecule has 8 nitrogen and oxygen atoms in total. The molecule has 0 atom stereocenters. The van der Waals surface area contributed by atoms with Crippen molar-refractivity contribution in [3.63, 3.8) is 0 Å². The Balaban J connectivity index is 1.38. The zero-order chi connectivity index (χ0) is 25.5. The van der Waals surface area contributed by atoms with Gasteiger partial charge < -0.3 is 14.6 Å². The topological polar surface area (TPSA) is 103 Å². The molecule has 2 aromatic heterocycles. The second-order valence-electron chi connectivity index (χ2n) is 7.41. The van der Waals surface area contributed by atoms with Crippen LogP contribution in [0.4, 0.5) is 5.13 Å². The van der Waals surface area contributed by atoms with Gasteiger partial charge in [-0.15, -0.1) is 29.7 Å². The lowest BCUT2D eigenvalue weighted by atomic mass is 10.2. The van der Waals surface area contributed by atoms with Crippen molar-refractivity contribution < 1.29 is 19.1 Å². The molecule has 0 saturated carbocycles. The first-order valence-corrected chi connectivity index (χ1v) is 13.6. The number of methoxy groups -OCH3 is 1. The molecule has 0 saturated heterocycles. The minimum Gasteiger partial charge on any atom is -0.465 e. The molecule has 36 heavy (non-hydrogen) atoms. The smallest absolute Gasteiger partial charge is 0.337 e. The summed E-state index contributed by atoms with van der Waals surface area (Å²) in [4.78, 5) is 45.9. The number of carbonyl (C=O) groups is 3. The van der Waals surface area contributed by atoms with E-state index < -0.39 is 5.97 Å². The Bertz CT molecular complexity index is 1490. The number of hydrogen-bond donors (Lipinski definition) is 1. The zero-order valence-electron chi connectivity index (χ0n) is 19.3. The highest BCUT2D eigenvalue weighted by molar-refractivity contribution is 8.00. The van der Waals surface area contributed by atoms with E-state index in [9.17, 15) is 14.4 Å². The summed E-state index contributed by atoms with van der Waals surface area (Å²) in [5, 5.41) is 5.17. The summed E-state index contributed by atoms with van der Waals surface area (Å²) in [6, 6.07) is 14.9. The van der Waals surface area contributed by atoms with Gasteiger partial charge in [0.15, 0.2) is 9.93 Å². The van der Waals surface area contributed by atoms with Gasteiger partial charge in [0.25, 0.3) is 5.91 Å². The number of thiazole rings is 2. The number of benzene rings is 2. The van der Waals surface area contributed by atoms with Crippen molar-refractivity contribution in [1.82, 2.24) is 9.55 Å². The molecule has 0 radical (unpaired) electrons. The molecule has 4 rings (SSSR count). The number of anilines is 1. The summed E-state index contributed by atoms with van der Waals surface area (Å²) < 4.78 is 7.44. The number of esters is 1. The van der Waals surface area contributed by atoms with Gasteiger partial charge in [0, 0.05) is 17.5 Å². The third-order valence-corrected chi connectivity index (χ3v) is 7.63. The number of aromatic nitrogens is 2. The quantitative estimate of drug-likeness (QED) is 0.247. The maximum atomic E-state index is 12.5. The molecule has 2 aromatic carbocycles. The SMILES string of the molecule is C=CCn1c(=NC(=O)CSCC(=O)Nc2nc(-c3ccccc3)cs2)sc2cc(C(=O)OC)ccc21. The molecular formula is C25H22N4O4S3. The van der Waals surface area contributed by atoms with Crippen molar-refractivity contribution in [3.8, 4) is 11.3 Å². The predicted octanol–water partition coefficient (Wildman–Crippen LogP) is 4.60. The maximum absolute atomic E-state index is 12.5. The molecule has 0 fully saturated rings. The first kappa shape index (κ1) is 25.5. The van der Waals surface area contributed by atoms with Crippen molar-refractivity contribution in [3.05, 3.63) is 76.9 Å². The zero-order valence-corrected chi connectivity index (χ0v) is 21.8. The van der Waals surface area contributed by atoms with E-state index in [1.807, 2.05) is 40.3 Å². The summed E-state index contributed by atoms with van der Waals surface area (Å²) in [6.07, 6.45) is 1.71. The van der Waals surface area contributed by atoms with Crippen LogP contribution in [0.5, 0.6) is 0 Å². The molecule has 184 valence electrons. The van der Waals surface area contributed by atoms with E-state index in [0.29, 0.717) is 22.0 Å². The average molecular weight is 539 g/mol. The van der Waals surface area contributed by atoms with Gasteiger partial charge in [0.2, 0.25) is 5.91 Å². The third-order valence-electron chi connectivity index (χ3n) is 4.91. The van der Waals surface area contributed by atoms with Crippen molar-refractivity contribution in [2.45, 2.75) is 6.54 Å². The van der Waals surface area contributed by atoms with Crippen LogP contribution in [0.2, 0.25) is 0 Å². The molecule has 11 heteroatoms. The number of carbonyl (C=O) groups excluding carboxylic acids is 3. The number of fused-ring (bicyclic) bond motifs is 1. The maximum Gasteiger partial charge on any atom is 0.337 e. The van der Waals surface area contributed by atoms with Gasteiger partial charge in [-0.05, 0) is 18.2 Å². The van der Waals surface area contributed by atoms with Crippen LogP contribution in [-0.4, -0.2) is 46.0 Å². The number of nitrogens with zero attached hydrogens (tertiary/aromatic N) is 3. The van der Waals surface area contributed by atoms with E-state index in [0.717, 1.165) is 21.5 Å². The molecule has 0 aliphatic carbocycles. The van der Waals surface area contributed by atoms with Gasteiger partial charge in [0.1, 0.15) is 0 Å². The van der Waals surface area contributed by atoms with E-state index in [2.05, 4.69) is 21.9 Å². The largest absolute Gasteiger partial charge is 0.465 e. The monoisotopic (exact) mass is 538 g/mol. The Labute approximate surface area is 219 Å². The average Bonchev–Trinajstić information content (AvgIpc) is 3.48. The van der Waals surface area contributed by atoms with Crippen molar-refractivity contribution >= 4 is 67.6 Å². The third kappa shape index (κ3) is 6.17. The fraction of sp³-hybridized carbons (Fsp3) is 0.160. The minimum absolute atomic E-state index is 0.0519. The summed E-state index contributed by atoms with van der Waals surface area (Å²) in [5.41, 5.74) is 3.04. The van der Waals surface area contributed by atoms with Crippen LogP contribution in [-0.2, 0) is 20.9 Å². The summed E-state index contributed by atoms with van der Waals surface area (Å²) in [7, 11) is 1.33. The highest BCUT2D eigenvalue weighted by Gasteiger charge is 2.13. The van der Waals surface area contributed by atoms with E-state index in [1.165, 1.54) is 41.5 Å². The van der Waals surface area contributed by atoms with E-state index >= 15 is 0 Å². The standard InChI is InChI=1S/C25H22N4O4S3/c1-3-11-29-19-10-9-17(23(32)33-2)12-20(19)36-25(29)28-22(31)15-34-14-21(30)27-24-26-18(13-35-24)16-7-5-4-6-8-16/h3-10,12-13H,1,11,14-15H2,2H3,(H,26,27,30). The summed E-state index contributed by atoms with van der Waals surface area (Å²) >= 11 is 3.83. The lowest BCUT2D eigenvalue weighted by molar-refractivity contribution is -0.115. The van der Waals surface area contributed by atoms with Crippen LogP contribution < -0.4 is 10.1 Å². The van der Waals surface area contributed by atoms with Crippen LogP contribution in [0.15, 0.2) is 71.6 Å². The van der Waals surface area contributed by atoms with Gasteiger partial charge >= 0.3 is 5.97 Å². The number of amides is 2. The highest BCUT2D eigenvalue weighted by Crippen LogP contribution is 2.25. The van der Waals surface area contributed by atoms with Crippen molar-refractivity contribution in [1.29, 1.82) is 0 Å². The van der Waals surface area contributed by atoms with Crippen LogP contribution in [0.1, 0.15) is 10.4 Å². The highest BCUT2D eigenvalue weighted by atomic mass is 32.2. The van der Waals surface area contributed by atoms with E-state index in [-0.39, 0.29) is 23.3 Å². The number of thioether (sulfide) groups is 1. The molecule has 2 heterocycles. The number of nitrogens with one attached hydrogen (secondary N) is 1. The molecule has 2 amide bonds. The number of ether oxygens (including phenoxy) is 1. The summed E-state index contributed by atoms with van der Waals surface area (Å²) in [6.45, 7) is 4.23. The molecule has 0 bridgehead atoms. The van der Waals surface area contributed by atoms with Crippen LogP contribution in [0.25, 0.3) is 21.5 Å². The Kier molecular flexibility index (Phi) is 8.47. The molecule has 1 N–H and O–H groups in total. The molecule has 0 spiro atoms. The van der Waals surface area contributed by atoms with Crippen LogP contribution in [0, 0.1) is 0 Å². The van der Waals surface area contributed by atoms with E-state index in [4.69, 9.17) is 4.74 Å². The Morgan fingerprint density at radius 3 is 2.75 bits per heavy atom. The van der Waals surface area contributed by atoms with Gasteiger partial charge in [-0.1, -0.05) is 47.7 Å². The summed E-state index contributed by atoms with van der Waals surface area (Å²) in [5.74, 6) is -0.871. The molecule has 0 unspecified atom stereocenters.